The molecule has 0 unspecified atom stereocenters. The number of hydrogen-bond donors (Lipinski definition) is 2. The highest BCUT2D eigenvalue weighted by Crippen LogP contribution is 2.38. The predicted molar refractivity (Wildman–Crippen MR) is 222 cm³/mol. The first kappa shape index (κ1) is 44.5. The molecule has 2 heterocycles. The van der Waals surface area contributed by atoms with E-state index in [2.05, 4.69) is 27.8 Å². The minimum atomic E-state index is -0.910. The zero-order valence-electron chi connectivity index (χ0n) is 33.0. The number of alkyl carbamates (subject to hydrolysis) is 1. The van der Waals surface area contributed by atoms with Crippen LogP contribution in [0, 0.1) is 28.6 Å². The summed E-state index contributed by atoms with van der Waals surface area (Å²) in [5.74, 6) is -0.292. The molecule has 0 bridgehead atoms. The van der Waals surface area contributed by atoms with Crippen LogP contribution in [0.15, 0.2) is 58.9 Å². The van der Waals surface area contributed by atoms with E-state index in [0.29, 0.717) is 45.6 Å². The number of thiazole rings is 1. The summed E-state index contributed by atoms with van der Waals surface area (Å²) in [7, 11) is 3.85. The highest BCUT2D eigenvalue weighted by Gasteiger charge is 2.28. The number of benzene rings is 2. The molecule has 2 amide bonds. The number of hydrogen-bond acceptors (Lipinski definition) is 13. The normalized spacial score (nSPS) is 11.7. The van der Waals surface area contributed by atoms with Gasteiger partial charge in [0.15, 0.2) is 5.82 Å². The number of halogens is 1. The Morgan fingerprint density at radius 3 is 2.25 bits per heavy atom. The van der Waals surface area contributed by atoms with Crippen molar-refractivity contribution in [3.05, 3.63) is 75.8 Å². The van der Waals surface area contributed by atoms with Gasteiger partial charge in [-0.15, -0.1) is 11.3 Å². The standard InChI is InChI=1S/C41H46ClN7O6S2/c1-25(2)35(47-40(52)55-41(3,4)5)39(51)54-20-19-53-30-16-12-26(13-17-30)34-31(21-43)36(46-33(50)9-8-18-49(6)7)48-38(32(34)22-44)57-24-29-23-56-37(45-29)27-10-14-28(42)15-11-27/h10-17,23,25,35H,8-9,18-20,24H2,1-7H3,(H,47,52)(H,46,48,50)/t35-/m0/s1. The molecule has 0 spiro atoms. The van der Waals surface area contributed by atoms with Crippen molar-refractivity contribution in [1.29, 1.82) is 10.5 Å². The average molecular weight is 832 g/mol. The van der Waals surface area contributed by atoms with Crippen molar-refractivity contribution >= 4 is 58.5 Å². The second-order valence-corrected chi connectivity index (χ2v) is 16.7. The quantitative estimate of drug-likeness (QED) is 0.0591. The lowest BCUT2D eigenvalue weighted by atomic mass is 9.96. The molecule has 0 radical (unpaired) electrons. The van der Waals surface area contributed by atoms with Gasteiger partial charge in [0.2, 0.25) is 5.91 Å². The van der Waals surface area contributed by atoms with Gasteiger partial charge in [0.05, 0.1) is 11.3 Å². The molecule has 4 rings (SSSR count). The van der Waals surface area contributed by atoms with Crippen molar-refractivity contribution in [2.24, 2.45) is 5.92 Å². The number of thioether (sulfide) groups is 1. The molecule has 57 heavy (non-hydrogen) atoms. The lowest BCUT2D eigenvalue weighted by Gasteiger charge is -2.24. The summed E-state index contributed by atoms with van der Waals surface area (Å²) >= 11 is 8.82. The number of amides is 2. The molecular formula is C41H46ClN7O6S2. The van der Waals surface area contributed by atoms with E-state index >= 15 is 0 Å². The van der Waals surface area contributed by atoms with Crippen molar-refractivity contribution in [2.75, 3.05) is 39.2 Å². The molecule has 2 N–H and O–H groups in total. The van der Waals surface area contributed by atoms with Gasteiger partial charge < -0.3 is 29.7 Å². The van der Waals surface area contributed by atoms with E-state index in [-0.39, 0.29) is 48.4 Å². The highest BCUT2D eigenvalue weighted by molar-refractivity contribution is 7.98. The summed E-state index contributed by atoms with van der Waals surface area (Å²) in [5, 5.41) is 30.0. The maximum Gasteiger partial charge on any atom is 0.408 e. The summed E-state index contributed by atoms with van der Waals surface area (Å²) in [5.41, 5.74) is 2.05. The molecule has 0 aliphatic rings. The molecule has 2 aromatic heterocycles. The first-order chi connectivity index (χ1) is 27.1. The van der Waals surface area contributed by atoms with Crippen molar-refractivity contribution < 1.29 is 28.6 Å². The number of pyridine rings is 1. The molecule has 1 atom stereocenters. The van der Waals surface area contributed by atoms with Gasteiger partial charge in [0.25, 0.3) is 0 Å². The lowest BCUT2D eigenvalue weighted by molar-refractivity contribution is -0.148. The topological polar surface area (TPSA) is 180 Å². The summed E-state index contributed by atoms with van der Waals surface area (Å²) in [6, 6.07) is 17.7. The monoisotopic (exact) mass is 831 g/mol. The molecule has 0 aliphatic heterocycles. The van der Waals surface area contributed by atoms with Gasteiger partial charge in [-0.3, -0.25) is 4.79 Å². The maximum atomic E-state index is 13.1. The van der Waals surface area contributed by atoms with Crippen LogP contribution in [-0.4, -0.2) is 78.3 Å². The molecule has 13 nitrogen and oxygen atoms in total. The fourth-order valence-electron chi connectivity index (χ4n) is 5.29. The lowest BCUT2D eigenvalue weighted by Crippen LogP contribution is -2.47. The average Bonchev–Trinajstić information content (AvgIpc) is 3.63. The molecule has 2 aromatic carbocycles. The molecule has 0 aliphatic carbocycles. The van der Waals surface area contributed by atoms with Crippen LogP contribution < -0.4 is 15.4 Å². The third kappa shape index (κ3) is 13.5. The minimum Gasteiger partial charge on any atom is -0.490 e. The van der Waals surface area contributed by atoms with Gasteiger partial charge in [-0.2, -0.15) is 10.5 Å². The summed E-state index contributed by atoms with van der Waals surface area (Å²) in [6.07, 6.45) is 0.105. The van der Waals surface area contributed by atoms with Crippen LogP contribution in [0.2, 0.25) is 5.02 Å². The number of esters is 1. The smallest absolute Gasteiger partial charge is 0.408 e. The van der Waals surface area contributed by atoms with Crippen LogP contribution in [0.5, 0.6) is 5.75 Å². The van der Waals surface area contributed by atoms with Crippen LogP contribution in [0.4, 0.5) is 10.6 Å². The number of aromatic nitrogens is 2. The second kappa shape index (κ2) is 20.8. The van der Waals surface area contributed by atoms with E-state index in [1.165, 1.54) is 23.1 Å². The van der Waals surface area contributed by atoms with Crippen molar-refractivity contribution in [3.63, 3.8) is 0 Å². The Balaban J connectivity index is 1.53. The molecular weight excluding hydrogens is 786 g/mol. The van der Waals surface area contributed by atoms with Gasteiger partial charge >= 0.3 is 12.1 Å². The largest absolute Gasteiger partial charge is 0.490 e. The highest BCUT2D eigenvalue weighted by atomic mass is 35.5. The van der Waals surface area contributed by atoms with Crippen LogP contribution >= 0.6 is 34.7 Å². The number of anilines is 1. The van der Waals surface area contributed by atoms with Gasteiger partial charge in [0.1, 0.15) is 58.3 Å². The summed E-state index contributed by atoms with van der Waals surface area (Å²) < 4.78 is 16.5. The Hall–Kier alpha value is -5.19. The van der Waals surface area contributed by atoms with Crippen LogP contribution in [0.3, 0.4) is 0 Å². The number of ether oxygens (including phenoxy) is 3. The molecule has 300 valence electrons. The molecule has 0 fully saturated rings. The molecule has 0 saturated heterocycles. The van der Waals surface area contributed by atoms with E-state index in [1.807, 2.05) is 36.5 Å². The van der Waals surface area contributed by atoms with E-state index in [1.54, 1.807) is 71.0 Å². The molecule has 0 saturated carbocycles. The number of nitriles is 2. The molecule has 16 heteroatoms. The molecule has 4 aromatic rings. The Labute approximate surface area is 346 Å². The minimum absolute atomic E-state index is 0.0195. The third-order valence-electron chi connectivity index (χ3n) is 7.99. The van der Waals surface area contributed by atoms with Gasteiger partial charge in [0, 0.05) is 33.7 Å². The fraction of sp³-hybridized carbons (Fsp3) is 0.390. The Bertz CT molecular complexity index is 2100. The van der Waals surface area contributed by atoms with E-state index < -0.39 is 23.7 Å². The Morgan fingerprint density at radius 2 is 1.63 bits per heavy atom. The van der Waals surface area contributed by atoms with Crippen LogP contribution in [-0.2, 0) is 24.8 Å². The Kier molecular flexibility index (Phi) is 16.3. The SMILES string of the molecule is CC(C)[C@H](NC(=O)OC(C)(C)C)C(=O)OCCOc1ccc(-c2c(C#N)c(NC(=O)CCCN(C)C)nc(SCc3csc(-c4ccc(Cl)cc4)n3)c2C#N)cc1. The van der Waals surface area contributed by atoms with Gasteiger partial charge in [-0.05, 0) is 83.6 Å². The van der Waals surface area contributed by atoms with Crippen LogP contribution in [0.25, 0.3) is 21.7 Å². The van der Waals surface area contributed by atoms with Crippen molar-refractivity contribution in [2.45, 2.75) is 69.9 Å². The number of carbonyl (C=O) groups excluding carboxylic acids is 3. The van der Waals surface area contributed by atoms with Gasteiger partial charge in [-0.25, -0.2) is 19.6 Å². The first-order valence-corrected chi connectivity index (χ1v) is 20.4. The zero-order chi connectivity index (χ0) is 41.7. The zero-order valence-corrected chi connectivity index (χ0v) is 35.4. The van der Waals surface area contributed by atoms with E-state index in [9.17, 15) is 24.9 Å². The number of carbonyl (C=O) groups is 3. The fourth-order valence-corrected chi connectivity index (χ4v) is 7.23. The van der Waals surface area contributed by atoms with E-state index in [0.717, 1.165) is 16.3 Å². The first-order valence-electron chi connectivity index (χ1n) is 18.1. The second-order valence-electron chi connectivity index (χ2n) is 14.4. The van der Waals surface area contributed by atoms with Crippen molar-refractivity contribution in [1.82, 2.24) is 20.2 Å². The maximum absolute atomic E-state index is 13.1. The number of nitrogens with one attached hydrogen (secondary N) is 2. The van der Waals surface area contributed by atoms with Gasteiger partial charge in [-0.1, -0.05) is 61.5 Å². The van der Waals surface area contributed by atoms with E-state index in [4.69, 9.17) is 30.8 Å². The third-order valence-corrected chi connectivity index (χ3v) is 10.2. The van der Waals surface area contributed by atoms with Crippen LogP contribution in [0.1, 0.15) is 64.3 Å². The number of nitrogens with zero attached hydrogens (tertiary/aromatic N) is 5. The number of rotatable bonds is 17. The van der Waals surface area contributed by atoms with Crippen molar-refractivity contribution in [3.8, 4) is 39.6 Å². The summed E-state index contributed by atoms with van der Waals surface area (Å²) in [6.45, 7) is 9.40. The Morgan fingerprint density at radius 1 is 0.965 bits per heavy atom. The predicted octanol–water partition coefficient (Wildman–Crippen LogP) is 8.31. The summed E-state index contributed by atoms with van der Waals surface area (Å²) in [4.78, 5) is 49.5.